The molecule has 0 atom stereocenters. The lowest BCUT2D eigenvalue weighted by molar-refractivity contribution is 0.219. The van der Waals surface area contributed by atoms with E-state index in [2.05, 4.69) is 19.9 Å². The number of piperidine rings is 1. The second-order valence-electron chi connectivity index (χ2n) is 5.49. The maximum Gasteiger partial charge on any atom is 0.256 e. The van der Waals surface area contributed by atoms with Crippen molar-refractivity contribution in [1.29, 1.82) is 0 Å². The van der Waals surface area contributed by atoms with Crippen LogP contribution in [0.5, 0.6) is 0 Å². The molecule has 116 valence electrons. The van der Waals surface area contributed by atoms with Crippen molar-refractivity contribution in [3.8, 4) is 0 Å². The first-order chi connectivity index (χ1) is 10.8. The third kappa shape index (κ3) is 4.18. The van der Waals surface area contributed by atoms with Gasteiger partial charge >= 0.3 is 0 Å². The molecule has 22 heavy (non-hydrogen) atoms. The maximum absolute atomic E-state index is 12.2. The molecule has 0 aromatic carbocycles. The average molecular weight is 316 g/mol. The van der Waals surface area contributed by atoms with E-state index in [4.69, 9.17) is 0 Å². The van der Waals surface area contributed by atoms with E-state index >= 15 is 0 Å². The molecule has 0 amide bonds. The van der Waals surface area contributed by atoms with Crippen molar-refractivity contribution in [1.82, 2.24) is 19.9 Å². The Labute approximate surface area is 134 Å². The van der Waals surface area contributed by atoms with Crippen molar-refractivity contribution < 1.29 is 0 Å². The van der Waals surface area contributed by atoms with Crippen LogP contribution in [0.4, 0.5) is 0 Å². The number of rotatable bonds is 5. The zero-order valence-electron chi connectivity index (χ0n) is 12.5. The van der Waals surface area contributed by atoms with E-state index in [1.54, 1.807) is 12.4 Å². The highest BCUT2D eigenvalue weighted by Gasteiger charge is 2.13. The van der Waals surface area contributed by atoms with Crippen LogP contribution < -0.4 is 5.56 Å². The second-order valence-corrected chi connectivity index (χ2v) is 6.45. The van der Waals surface area contributed by atoms with Crippen LogP contribution in [-0.4, -0.2) is 32.9 Å². The molecule has 0 bridgehead atoms. The Hall–Kier alpha value is -1.66. The third-order valence-corrected chi connectivity index (χ3v) is 4.70. The molecule has 1 saturated heterocycles. The lowest BCUT2D eigenvalue weighted by Gasteiger charge is -2.25. The van der Waals surface area contributed by atoms with Crippen LogP contribution in [0.2, 0.25) is 0 Å². The van der Waals surface area contributed by atoms with Crippen LogP contribution in [0.3, 0.4) is 0 Å². The van der Waals surface area contributed by atoms with Gasteiger partial charge in [0.15, 0.2) is 5.16 Å². The molecule has 0 saturated carbocycles. The second kappa shape index (κ2) is 7.56. The first-order valence-electron chi connectivity index (χ1n) is 7.64. The van der Waals surface area contributed by atoms with Gasteiger partial charge in [-0.15, -0.1) is 0 Å². The van der Waals surface area contributed by atoms with E-state index in [-0.39, 0.29) is 5.56 Å². The summed E-state index contributed by atoms with van der Waals surface area (Å²) in [5.74, 6) is 0.704. The van der Waals surface area contributed by atoms with Gasteiger partial charge in [-0.25, -0.2) is 4.98 Å². The molecule has 0 aliphatic carbocycles. The highest BCUT2D eigenvalue weighted by atomic mass is 32.2. The molecular formula is C16H20N4OS. The van der Waals surface area contributed by atoms with Crippen LogP contribution in [-0.2, 0) is 12.3 Å². The number of likely N-dealkylation sites (tertiary alicyclic amines) is 1. The van der Waals surface area contributed by atoms with E-state index in [0.717, 1.165) is 24.3 Å². The molecule has 2 aromatic heterocycles. The Balaban J connectivity index is 1.60. The molecule has 3 rings (SSSR count). The van der Waals surface area contributed by atoms with Crippen molar-refractivity contribution in [2.45, 2.75) is 36.7 Å². The standard InChI is InChI=1S/C16H20N4OS/c21-15-13(11-20-8-4-1-5-9-20)10-18-16(19-15)22-12-14-6-2-3-7-17-14/h2-3,6-7,10H,1,4-5,8-9,11-12H2,(H,18,19,21). The fourth-order valence-corrected chi connectivity index (χ4v) is 3.32. The lowest BCUT2D eigenvalue weighted by atomic mass is 10.1. The number of nitrogens with zero attached hydrogens (tertiary/aromatic N) is 3. The lowest BCUT2D eigenvalue weighted by Crippen LogP contribution is -2.31. The molecule has 1 aliphatic heterocycles. The molecule has 0 radical (unpaired) electrons. The minimum atomic E-state index is -0.0240. The number of pyridine rings is 1. The maximum atomic E-state index is 12.2. The first kappa shape index (κ1) is 15.2. The quantitative estimate of drug-likeness (QED) is 0.678. The van der Waals surface area contributed by atoms with Crippen molar-refractivity contribution in [3.63, 3.8) is 0 Å². The smallest absolute Gasteiger partial charge is 0.256 e. The van der Waals surface area contributed by atoms with E-state index in [1.807, 2.05) is 18.2 Å². The van der Waals surface area contributed by atoms with Crippen LogP contribution in [0.15, 0.2) is 40.5 Å². The molecule has 3 heterocycles. The zero-order chi connectivity index (χ0) is 15.2. The van der Waals surface area contributed by atoms with Gasteiger partial charge in [-0.3, -0.25) is 14.7 Å². The summed E-state index contributed by atoms with van der Waals surface area (Å²) in [6.07, 6.45) is 7.24. The predicted molar refractivity (Wildman–Crippen MR) is 87.8 cm³/mol. The number of thioether (sulfide) groups is 1. The predicted octanol–water partition coefficient (Wildman–Crippen LogP) is 2.44. The monoisotopic (exact) mass is 316 g/mol. The van der Waals surface area contributed by atoms with Crippen LogP contribution in [0.1, 0.15) is 30.5 Å². The molecule has 5 nitrogen and oxygen atoms in total. The summed E-state index contributed by atoms with van der Waals surface area (Å²) in [7, 11) is 0. The highest BCUT2D eigenvalue weighted by molar-refractivity contribution is 7.98. The largest absolute Gasteiger partial charge is 0.301 e. The van der Waals surface area contributed by atoms with E-state index < -0.39 is 0 Å². The number of hydrogen-bond acceptors (Lipinski definition) is 5. The molecule has 1 N–H and O–H groups in total. The summed E-state index contributed by atoms with van der Waals surface area (Å²) in [5.41, 5.74) is 1.71. The minimum Gasteiger partial charge on any atom is -0.301 e. The number of nitrogens with one attached hydrogen (secondary N) is 1. The molecule has 1 aliphatic rings. The normalized spacial score (nSPS) is 15.8. The number of hydrogen-bond donors (Lipinski definition) is 1. The van der Waals surface area contributed by atoms with Crippen molar-refractivity contribution >= 4 is 11.8 Å². The Morgan fingerprint density at radius 2 is 2.05 bits per heavy atom. The molecular weight excluding hydrogens is 296 g/mol. The van der Waals surface area contributed by atoms with Crippen LogP contribution in [0, 0.1) is 0 Å². The summed E-state index contributed by atoms with van der Waals surface area (Å²) in [6, 6.07) is 5.82. The topological polar surface area (TPSA) is 61.9 Å². The zero-order valence-corrected chi connectivity index (χ0v) is 13.3. The van der Waals surface area contributed by atoms with Gasteiger partial charge in [0.2, 0.25) is 0 Å². The molecule has 0 spiro atoms. The molecule has 6 heteroatoms. The van der Waals surface area contributed by atoms with Gasteiger partial charge in [-0.05, 0) is 38.1 Å². The van der Waals surface area contributed by atoms with Gasteiger partial charge in [0.05, 0.1) is 5.69 Å². The number of aromatic nitrogens is 3. The van der Waals surface area contributed by atoms with Crippen LogP contribution in [0.25, 0.3) is 0 Å². The fourth-order valence-electron chi connectivity index (χ4n) is 2.58. The third-order valence-electron chi connectivity index (χ3n) is 3.78. The summed E-state index contributed by atoms with van der Waals surface area (Å²) < 4.78 is 0. The molecule has 2 aromatic rings. The van der Waals surface area contributed by atoms with Crippen molar-refractivity contribution in [2.24, 2.45) is 0 Å². The summed E-state index contributed by atoms with van der Waals surface area (Å²) in [6.45, 7) is 2.86. The number of H-pyrrole nitrogens is 1. The van der Waals surface area contributed by atoms with E-state index in [9.17, 15) is 4.79 Å². The van der Waals surface area contributed by atoms with Crippen molar-refractivity contribution in [2.75, 3.05) is 13.1 Å². The van der Waals surface area contributed by atoms with Gasteiger partial charge in [-0.1, -0.05) is 24.2 Å². The minimum absolute atomic E-state index is 0.0240. The fraction of sp³-hybridized carbons (Fsp3) is 0.438. The van der Waals surface area contributed by atoms with E-state index in [0.29, 0.717) is 17.5 Å². The van der Waals surface area contributed by atoms with Crippen LogP contribution >= 0.6 is 11.8 Å². The van der Waals surface area contributed by atoms with E-state index in [1.165, 1.54) is 31.0 Å². The SMILES string of the molecule is O=c1[nH]c(SCc2ccccn2)ncc1CN1CCCCC1. The Kier molecular flexibility index (Phi) is 5.24. The van der Waals surface area contributed by atoms with Gasteiger partial charge in [0.1, 0.15) is 0 Å². The average Bonchev–Trinajstić information content (AvgIpc) is 2.57. The van der Waals surface area contributed by atoms with Gasteiger partial charge in [0, 0.05) is 30.3 Å². The summed E-state index contributed by atoms with van der Waals surface area (Å²) in [5, 5.41) is 0.651. The number of aromatic amines is 1. The highest BCUT2D eigenvalue weighted by Crippen LogP contribution is 2.17. The Morgan fingerprint density at radius 1 is 1.18 bits per heavy atom. The van der Waals surface area contributed by atoms with Gasteiger partial charge in [-0.2, -0.15) is 0 Å². The molecule has 0 unspecified atom stereocenters. The summed E-state index contributed by atoms with van der Waals surface area (Å²) in [4.78, 5) is 26.0. The van der Waals surface area contributed by atoms with Gasteiger partial charge in [0.25, 0.3) is 5.56 Å². The first-order valence-corrected chi connectivity index (χ1v) is 8.63. The van der Waals surface area contributed by atoms with Gasteiger partial charge < -0.3 is 4.98 Å². The molecule has 1 fully saturated rings. The van der Waals surface area contributed by atoms with Crippen molar-refractivity contribution in [3.05, 3.63) is 52.2 Å². The Morgan fingerprint density at radius 3 is 2.77 bits per heavy atom. The summed E-state index contributed by atoms with van der Waals surface area (Å²) >= 11 is 1.50. The Bertz CT molecular complexity index is 653.